The van der Waals surface area contributed by atoms with Gasteiger partial charge in [0.1, 0.15) is 5.82 Å². The number of carbonyl (C=O) groups excluding carboxylic acids is 2. The van der Waals surface area contributed by atoms with Gasteiger partial charge >= 0.3 is 0 Å². The van der Waals surface area contributed by atoms with E-state index in [1.165, 1.54) is 12.6 Å². The lowest BCUT2D eigenvalue weighted by Gasteiger charge is -2.26. The molecule has 3 aromatic rings. The first kappa shape index (κ1) is 21.4. The highest BCUT2D eigenvalue weighted by molar-refractivity contribution is 5.98. The first-order chi connectivity index (χ1) is 15.6. The van der Waals surface area contributed by atoms with E-state index in [1.54, 1.807) is 6.07 Å². The van der Waals surface area contributed by atoms with Crippen molar-refractivity contribution in [3.63, 3.8) is 0 Å². The van der Waals surface area contributed by atoms with Gasteiger partial charge in [-0.05, 0) is 49.1 Å². The Morgan fingerprint density at radius 1 is 0.969 bits per heavy atom. The number of aromatic nitrogens is 1. The average molecular weight is 430 g/mol. The van der Waals surface area contributed by atoms with E-state index in [4.69, 9.17) is 5.73 Å². The summed E-state index contributed by atoms with van der Waals surface area (Å²) in [7, 11) is 0. The molecule has 4 N–H and O–H groups in total. The molecule has 0 unspecified atom stereocenters. The molecule has 0 bridgehead atoms. The van der Waals surface area contributed by atoms with Crippen LogP contribution in [0.4, 0.5) is 17.2 Å². The van der Waals surface area contributed by atoms with Gasteiger partial charge in [-0.15, -0.1) is 0 Å². The summed E-state index contributed by atoms with van der Waals surface area (Å²) in [6, 6.07) is 19.0. The topological polar surface area (TPSA) is 100 Å². The average Bonchev–Trinajstić information content (AvgIpc) is 2.84. The van der Waals surface area contributed by atoms with E-state index >= 15 is 0 Å². The number of benzene rings is 2. The highest BCUT2D eigenvalue weighted by atomic mass is 16.2. The molecule has 0 radical (unpaired) electrons. The Bertz CT molecular complexity index is 1080. The molecule has 7 heteroatoms. The number of piperidine rings is 1. The third-order valence-electron chi connectivity index (χ3n) is 5.54. The van der Waals surface area contributed by atoms with Crippen molar-refractivity contribution in [3.05, 3.63) is 83.6 Å². The number of nitrogens with zero attached hydrogens (tertiary/aromatic N) is 2. The van der Waals surface area contributed by atoms with E-state index in [1.807, 2.05) is 59.5 Å². The van der Waals surface area contributed by atoms with Crippen LogP contribution in [0.15, 0.2) is 66.9 Å². The molecule has 7 nitrogen and oxygen atoms in total. The van der Waals surface area contributed by atoms with E-state index < -0.39 is 5.91 Å². The van der Waals surface area contributed by atoms with Crippen molar-refractivity contribution in [1.82, 2.24) is 9.88 Å². The van der Waals surface area contributed by atoms with Crippen molar-refractivity contribution >= 4 is 29.0 Å². The molecule has 4 rings (SSSR count). The molecule has 1 aromatic heterocycles. The molecule has 0 spiro atoms. The van der Waals surface area contributed by atoms with Crippen molar-refractivity contribution < 1.29 is 9.59 Å². The fraction of sp³-hybridized carbons (Fsp3) is 0.240. The van der Waals surface area contributed by atoms with Crippen molar-refractivity contribution in [3.8, 4) is 0 Å². The number of hydrogen-bond donors (Lipinski definition) is 3. The Balaban J connectivity index is 1.46. The molecule has 32 heavy (non-hydrogen) atoms. The zero-order valence-corrected chi connectivity index (χ0v) is 17.9. The molecule has 1 aliphatic heterocycles. The van der Waals surface area contributed by atoms with Crippen molar-refractivity contribution in [2.45, 2.75) is 25.8 Å². The minimum absolute atomic E-state index is 0.0765. The van der Waals surface area contributed by atoms with Crippen molar-refractivity contribution in [2.24, 2.45) is 5.73 Å². The van der Waals surface area contributed by atoms with Gasteiger partial charge in [0.2, 0.25) is 0 Å². The predicted molar refractivity (Wildman–Crippen MR) is 126 cm³/mol. The van der Waals surface area contributed by atoms with Crippen molar-refractivity contribution in [2.75, 3.05) is 23.7 Å². The molecule has 1 aliphatic rings. The minimum Gasteiger partial charge on any atom is -0.380 e. The fourth-order valence-electron chi connectivity index (χ4n) is 3.78. The van der Waals surface area contributed by atoms with E-state index in [9.17, 15) is 9.59 Å². The van der Waals surface area contributed by atoms with Gasteiger partial charge in [-0.3, -0.25) is 9.59 Å². The van der Waals surface area contributed by atoms with E-state index in [2.05, 4.69) is 15.6 Å². The number of hydrogen-bond acceptors (Lipinski definition) is 5. The second kappa shape index (κ2) is 9.96. The molecule has 2 aromatic carbocycles. The van der Waals surface area contributed by atoms with E-state index in [-0.39, 0.29) is 5.91 Å². The Morgan fingerprint density at radius 3 is 2.38 bits per heavy atom. The number of nitrogens with two attached hydrogens (primary N) is 1. The smallest absolute Gasteiger partial charge is 0.253 e. The van der Waals surface area contributed by atoms with Gasteiger partial charge in [0, 0.05) is 43.1 Å². The minimum atomic E-state index is -0.541. The van der Waals surface area contributed by atoms with Gasteiger partial charge in [-0.1, -0.05) is 30.3 Å². The Labute approximate surface area is 187 Å². The summed E-state index contributed by atoms with van der Waals surface area (Å²) in [5.74, 6) is 0.105. The van der Waals surface area contributed by atoms with Crippen LogP contribution in [0.2, 0.25) is 0 Å². The molecular weight excluding hydrogens is 402 g/mol. The lowest BCUT2D eigenvalue weighted by atomic mass is 10.1. The highest BCUT2D eigenvalue weighted by Gasteiger charge is 2.18. The highest BCUT2D eigenvalue weighted by Crippen LogP contribution is 2.23. The van der Waals surface area contributed by atoms with Crippen LogP contribution >= 0.6 is 0 Å². The third-order valence-corrected chi connectivity index (χ3v) is 5.54. The molecule has 164 valence electrons. The lowest BCUT2D eigenvalue weighted by molar-refractivity contribution is 0.0724. The standard InChI is InChI=1S/C25H27N5O2/c26-24(31)21-17-28-23(15-22(21)27-16-18-7-3-1-4-8-18)29-20-11-9-19(10-12-20)25(32)30-13-5-2-6-14-30/h1,3-4,7-12,15,17H,2,5-6,13-14,16H2,(H2,26,31)(H2,27,28,29). The van der Waals surface area contributed by atoms with Crippen LogP contribution < -0.4 is 16.4 Å². The number of amides is 2. The maximum atomic E-state index is 12.6. The predicted octanol–water partition coefficient (Wildman–Crippen LogP) is 4.16. The summed E-state index contributed by atoms with van der Waals surface area (Å²) in [6.45, 7) is 2.21. The molecule has 0 saturated carbocycles. The van der Waals surface area contributed by atoms with Gasteiger partial charge in [-0.2, -0.15) is 0 Å². The molecular formula is C25H27N5O2. The summed E-state index contributed by atoms with van der Waals surface area (Å²) in [4.78, 5) is 30.7. The normalized spacial score (nSPS) is 13.4. The van der Waals surface area contributed by atoms with Crippen LogP contribution in [0.5, 0.6) is 0 Å². The zero-order valence-electron chi connectivity index (χ0n) is 17.9. The van der Waals surface area contributed by atoms with E-state index in [0.717, 1.165) is 37.2 Å². The summed E-state index contributed by atoms with van der Waals surface area (Å²) in [5, 5.41) is 6.49. The van der Waals surface area contributed by atoms with Gasteiger partial charge in [-0.25, -0.2) is 4.98 Å². The number of anilines is 3. The summed E-state index contributed by atoms with van der Waals surface area (Å²) < 4.78 is 0. The number of nitrogens with one attached hydrogen (secondary N) is 2. The van der Waals surface area contributed by atoms with Crippen LogP contribution in [0.25, 0.3) is 0 Å². The molecule has 0 aliphatic carbocycles. The summed E-state index contributed by atoms with van der Waals surface area (Å²) in [5.41, 5.74) is 9.02. The number of primary amides is 1. The monoisotopic (exact) mass is 429 g/mol. The maximum Gasteiger partial charge on any atom is 0.253 e. The van der Waals surface area contributed by atoms with Gasteiger partial charge < -0.3 is 21.3 Å². The Kier molecular flexibility index (Phi) is 6.65. The fourth-order valence-corrected chi connectivity index (χ4v) is 3.78. The summed E-state index contributed by atoms with van der Waals surface area (Å²) in [6.07, 6.45) is 4.79. The number of carbonyl (C=O) groups is 2. The molecule has 0 atom stereocenters. The zero-order chi connectivity index (χ0) is 22.3. The molecule has 2 heterocycles. The Hall–Kier alpha value is -3.87. The number of pyridine rings is 1. The first-order valence-electron chi connectivity index (χ1n) is 10.8. The third kappa shape index (κ3) is 5.24. The quantitative estimate of drug-likeness (QED) is 0.524. The number of likely N-dealkylation sites (tertiary alicyclic amines) is 1. The lowest BCUT2D eigenvalue weighted by Crippen LogP contribution is -2.35. The molecule has 1 fully saturated rings. The number of rotatable bonds is 7. The second-order valence-corrected chi connectivity index (χ2v) is 7.87. The van der Waals surface area contributed by atoms with Crippen LogP contribution in [-0.4, -0.2) is 34.8 Å². The van der Waals surface area contributed by atoms with Crippen LogP contribution in [-0.2, 0) is 6.54 Å². The van der Waals surface area contributed by atoms with Gasteiger partial charge in [0.05, 0.1) is 11.3 Å². The molecule has 2 amide bonds. The van der Waals surface area contributed by atoms with E-state index in [0.29, 0.717) is 29.2 Å². The maximum absolute atomic E-state index is 12.6. The second-order valence-electron chi connectivity index (χ2n) is 7.87. The van der Waals surface area contributed by atoms with Gasteiger partial charge in [0.15, 0.2) is 0 Å². The van der Waals surface area contributed by atoms with Gasteiger partial charge in [0.25, 0.3) is 11.8 Å². The largest absolute Gasteiger partial charge is 0.380 e. The van der Waals surface area contributed by atoms with Crippen molar-refractivity contribution in [1.29, 1.82) is 0 Å². The van der Waals surface area contributed by atoms with Crippen LogP contribution in [0.1, 0.15) is 45.5 Å². The SMILES string of the molecule is NC(=O)c1cnc(Nc2ccc(C(=O)N3CCCCC3)cc2)cc1NCc1ccccc1. The summed E-state index contributed by atoms with van der Waals surface area (Å²) >= 11 is 0. The first-order valence-corrected chi connectivity index (χ1v) is 10.8. The van der Waals surface area contributed by atoms with Crippen LogP contribution in [0, 0.1) is 0 Å². The Morgan fingerprint density at radius 2 is 1.69 bits per heavy atom. The molecule has 1 saturated heterocycles. The van der Waals surface area contributed by atoms with Crippen LogP contribution in [0.3, 0.4) is 0 Å².